The average molecular weight is 468 g/mol. The Kier molecular flexibility index (Phi) is 6.96. The fourth-order valence-electron chi connectivity index (χ4n) is 6.21. The first-order valence-electron chi connectivity index (χ1n) is 12.1. The maximum atomic E-state index is 12.9. The van der Waals surface area contributed by atoms with Gasteiger partial charge >= 0.3 is 0 Å². The number of nitrogens with one attached hydrogen (secondary N) is 1. The Morgan fingerprint density at radius 2 is 2.15 bits per heavy atom. The molecule has 0 saturated heterocycles. The molecular formula is C27H37N3O2S. The van der Waals surface area contributed by atoms with Crippen LogP contribution in [0.4, 0.5) is 5.13 Å². The SMILES string of the molecule is C=CCN(C)C(=O)[C@@H](C)[C@H]1CC[C@@]2(C)Cc3sc(NCc4ccccc4)nc3[C@@H](C)[C@@H]2[C@H]1O. The molecule has 1 saturated carbocycles. The van der Waals surface area contributed by atoms with E-state index in [9.17, 15) is 9.90 Å². The third-order valence-electron chi connectivity index (χ3n) is 8.02. The van der Waals surface area contributed by atoms with Crippen LogP contribution < -0.4 is 5.32 Å². The summed E-state index contributed by atoms with van der Waals surface area (Å²) < 4.78 is 0. The van der Waals surface area contributed by atoms with Crippen LogP contribution in [-0.4, -0.2) is 40.6 Å². The Hall–Kier alpha value is -2.18. The zero-order valence-corrected chi connectivity index (χ0v) is 21.1. The van der Waals surface area contributed by atoms with E-state index >= 15 is 0 Å². The van der Waals surface area contributed by atoms with E-state index in [0.717, 1.165) is 36.6 Å². The van der Waals surface area contributed by atoms with E-state index in [0.29, 0.717) is 6.54 Å². The van der Waals surface area contributed by atoms with Crippen molar-refractivity contribution < 1.29 is 9.90 Å². The zero-order chi connectivity index (χ0) is 23.8. The number of fused-ring (bicyclic) bond motifs is 2. The van der Waals surface area contributed by atoms with Crippen LogP contribution in [0.25, 0.3) is 0 Å². The Balaban J connectivity index is 1.52. The fraction of sp³-hybridized carbons (Fsp3) is 0.556. The van der Waals surface area contributed by atoms with E-state index in [-0.39, 0.29) is 35.0 Å². The molecule has 2 N–H and O–H groups in total. The van der Waals surface area contributed by atoms with Crippen molar-refractivity contribution in [3.63, 3.8) is 0 Å². The van der Waals surface area contributed by atoms with E-state index in [1.54, 1.807) is 22.3 Å². The number of thiazole rings is 1. The molecule has 0 spiro atoms. The van der Waals surface area contributed by atoms with Crippen LogP contribution >= 0.6 is 11.3 Å². The first-order valence-corrected chi connectivity index (χ1v) is 12.9. The molecule has 2 aromatic rings. The van der Waals surface area contributed by atoms with Gasteiger partial charge in [-0.05, 0) is 42.1 Å². The first-order chi connectivity index (χ1) is 15.7. The summed E-state index contributed by atoms with van der Waals surface area (Å²) in [5.74, 6) is 0.122. The molecule has 1 heterocycles. The molecular weight excluding hydrogens is 430 g/mol. The topological polar surface area (TPSA) is 65.5 Å². The minimum atomic E-state index is -0.509. The lowest BCUT2D eigenvalue weighted by Crippen LogP contribution is -2.53. The minimum Gasteiger partial charge on any atom is -0.392 e. The maximum Gasteiger partial charge on any atom is 0.225 e. The van der Waals surface area contributed by atoms with Crippen molar-refractivity contribution >= 4 is 22.4 Å². The van der Waals surface area contributed by atoms with Gasteiger partial charge in [-0.3, -0.25) is 4.79 Å². The minimum absolute atomic E-state index is 0.0267. The van der Waals surface area contributed by atoms with Crippen molar-refractivity contribution in [2.24, 2.45) is 23.2 Å². The van der Waals surface area contributed by atoms with Gasteiger partial charge in [0.15, 0.2) is 5.13 Å². The molecule has 2 aliphatic rings. The summed E-state index contributed by atoms with van der Waals surface area (Å²) in [7, 11) is 1.81. The predicted molar refractivity (Wildman–Crippen MR) is 135 cm³/mol. The highest BCUT2D eigenvalue weighted by Crippen LogP contribution is 2.57. The lowest BCUT2D eigenvalue weighted by Gasteiger charge is -2.53. The van der Waals surface area contributed by atoms with Crippen molar-refractivity contribution in [3.05, 3.63) is 59.1 Å². The number of hydrogen-bond donors (Lipinski definition) is 2. The van der Waals surface area contributed by atoms with Gasteiger partial charge in [-0.2, -0.15) is 0 Å². The van der Waals surface area contributed by atoms with Crippen molar-refractivity contribution in [2.75, 3.05) is 18.9 Å². The van der Waals surface area contributed by atoms with Gasteiger partial charge in [0.2, 0.25) is 5.91 Å². The molecule has 1 fully saturated rings. The predicted octanol–water partition coefficient (Wildman–Crippen LogP) is 5.09. The van der Waals surface area contributed by atoms with Crippen LogP contribution in [0.1, 0.15) is 55.7 Å². The number of rotatable bonds is 7. The molecule has 0 unspecified atom stereocenters. The highest BCUT2D eigenvalue weighted by molar-refractivity contribution is 7.15. The number of hydrogen-bond acceptors (Lipinski definition) is 5. The molecule has 5 nitrogen and oxygen atoms in total. The summed E-state index contributed by atoms with van der Waals surface area (Å²) >= 11 is 1.76. The Bertz CT molecular complexity index is 991. The Morgan fingerprint density at radius 3 is 2.85 bits per heavy atom. The maximum absolute atomic E-state index is 12.9. The van der Waals surface area contributed by atoms with Gasteiger partial charge in [-0.25, -0.2) is 4.98 Å². The summed E-state index contributed by atoms with van der Waals surface area (Å²) in [5, 5.41) is 16.0. The van der Waals surface area contributed by atoms with Gasteiger partial charge in [0.05, 0.1) is 11.8 Å². The molecule has 6 atom stereocenters. The van der Waals surface area contributed by atoms with Gasteiger partial charge in [0, 0.05) is 36.9 Å². The van der Waals surface area contributed by atoms with Gasteiger partial charge in [-0.1, -0.05) is 57.2 Å². The molecule has 178 valence electrons. The van der Waals surface area contributed by atoms with Crippen LogP contribution in [0.2, 0.25) is 0 Å². The highest BCUT2D eigenvalue weighted by Gasteiger charge is 2.54. The summed E-state index contributed by atoms with van der Waals surface area (Å²) in [6.45, 7) is 11.5. The number of amides is 1. The normalized spacial score (nSPS) is 29.5. The van der Waals surface area contributed by atoms with E-state index in [4.69, 9.17) is 4.98 Å². The largest absolute Gasteiger partial charge is 0.392 e. The van der Waals surface area contributed by atoms with Crippen LogP contribution in [0.15, 0.2) is 43.0 Å². The second-order valence-corrected chi connectivity index (χ2v) is 11.4. The molecule has 2 aliphatic carbocycles. The van der Waals surface area contributed by atoms with Crippen LogP contribution in [0, 0.1) is 23.2 Å². The number of aliphatic hydroxyl groups is 1. The molecule has 0 radical (unpaired) electrons. The van der Waals surface area contributed by atoms with Crippen LogP contribution in [0.5, 0.6) is 0 Å². The lowest BCUT2D eigenvalue weighted by atomic mass is 9.53. The number of carbonyl (C=O) groups is 1. The van der Waals surface area contributed by atoms with E-state index in [1.165, 1.54) is 10.4 Å². The summed E-state index contributed by atoms with van der Waals surface area (Å²) in [5.41, 5.74) is 2.39. The van der Waals surface area contributed by atoms with Gasteiger partial charge in [0.1, 0.15) is 0 Å². The van der Waals surface area contributed by atoms with Crippen molar-refractivity contribution in [3.8, 4) is 0 Å². The average Bonchev–Trinajstić information content (AvgIpc) is 3.20. The molecule has 1 amide bonds. The number of likely N-dealkylation sites (N-methyl/N-ethyl adjacent to an activating group) is 1. The number of nitrogens with zero attached hydrogens (tertiary/aromatic N) is 2. The van der Waals surface area contributed by atoms with E-state index < -0.39 is 6.10 Å². The monoisotopic (exact) mass is 467 g/mol. The van der Waals surface area contributed by atoms with E-state index in [2.05, 4.69) is 50.0 Å². The van der Waals surface area contributed by atoms with Crippen LogP contribution in [-0.2, 0) is 17.8 Å². The highest BCUT2D eigenvalue weighted by atomic mass is 32.1. The smallest absolute Gasteiger partial charge is 0.225 e. The standard InChI is InChI=1S/C27H37N3O2S/c1-6-14-30(5)25(32)17(2)20-12-13-27(4)15-21-23(18(3)22(27)24(20)31)29-26(33-21)28-16-19-10-8-7-9-11-19/h6-11,17-18,20,22,24,31H,1,12-16H2,2-5H3,(H,28,29)/t17-,18-,20+,22+,24-,27-/m0/s1. The third-order valence-corrected chi connectivity index (χ3v) is 9.05. The van der Waals surface area contributed by atoms with Crippen LogP contribution in [0.3, 0.4) is 0 Å². The van der Waals surface area contributed by atoms with E-state index in [1.807, 2.05) is 20.0 Å². The Morgan fingerprint density at radius 1 is 1.42 bits per heavy atom. The molecule has 33 heavy (non-hydrogen) atoms. The van der Waals surface area contributed by atoms with Gasteiger partial charge < -0.3 is 15.3 Å². The molecule has 6 heteroatoms. The number of anilines is 1. The second kappa shape index (κ2) is 9.59. The van der Waals surface area contributed by atoms with Gasteiger partial charge in [0.25, 0.3) is 0 Å². The molecule has 1 aromatic heterocycles. The van der Waals surface area contributed by atoms with Crippen molar-refractivity contribution in [1.82, 2.24) is 9.88 Å². The Labute approximate surface area is 201 Å². The van der Waals surface area contributed by atoms with Crippen molar-refractivity contribution in [1.29, 1.82) is 0 Å². The fourth-order valence-corrected chi connectivity index (χ4v) is 7.47. The summed E-state index contributed by atoms with van der Waals surface area (Å²) in [4.78, 5) is 21.0. The molecule has 0 bridgehead atoms. The molecule has 1 aromatic carbocycles. The number of aliphatic hydroxyl groups excluding tert-OH is 1. The number of aromatic nitrogens is 1. The number of carbonyl (C=O) groups excluding carboxylic acids is 1. The second-order valence-electron chi connectivity index (χ2n) is 10.3. The molecule has 4 rings (SSSR count). The lowest BCUT2D eigenvalue weighted by molar-refractivity contribution is -0.143. The third kappa shape index (κ3) is 4.60. The zero-order valence-electron chi connectivity index (χ0n) is 20.3. The van der Waals surface area contributed by atoms with Crippen molar-refractivity contribution in [2.45, 2.75) is 58.6 Å². The van der Waals surface area contributed by atoms with Gasteiger partial charge in [-0.15, -0.1) is 17.9 Å². The first kappa shape index (κ1) is 24.0. The quantitative estimate of drug-likeness (QED) is 0.557. The summed E-state index contributed by atoms with van der Waals surface area (Å²) in [6, 6.07) is 10.4. The summed E-state index contributed by atoms with van der Waals surface area (Å²) in [6.07, 6.45) is 4.09. The molecule has 0 aliphatic heterocycles. The number of benzene rings is 1.